The van der Waals surface area contributed by atoms with Crippen LogP contribution < -0.4 is 24.5 Å². The molecule has 0 unspecified atom stereocenters. The molecule has 9 nitrogen and oxygen atoms in total. The molecular weight excluding hydrogens is 658 g/mol. The highest BCUT2D eigenvalue weighted by molar-refractivity contribution is 9.11. The van der Waals surface area contributed by atoms with Crippen molar-refractivity contribution in [2.45, 2.75) is 0 Å². The Labute approximate surface area is 250 Å². The van der Waals surface area contributed by atoms with Crippen molar-refractivity contribution >= 4 is 54.9 Å². The van der Waals surface area contributed by atoms with Gasteiger partial charge in [0.1, 0.15) is 5.75 Å². The molecule has 0 amide bonds. The number of aromatic nitrogens is 2. The zero-order valence-electron chi connectivity index (χ0n) is 21.3. The molecule has 0 spiro atoms. The third kappa shape index (κ3) is 5.33. The second kappa shape index (κ2) is 11.2. The Morgan fingerprint density at radius 3 is 2.59 bits per heavy atom. The third-order valence-corrected chi connectivity index (χ3v) is 7.30. The molecule has 0 atom stereocenters. The molecule has 41 heavy (non-hydrogen) atoms. The molecule has 1 aromatic heterocycles. The number of halogens is 2. The number of fused-ring (bicyclic) bond motifs is 2. The molecule has 4 aromatic carbocycles. The van der Waals surface area contributed by atoms with E-state index in [-0.39, 0.29) is 23.7 Å². The fourth-order valence-electron chi connectivity index (χ4n) is 4.24. The van der Waals surface area contributed by atoms with Gasteiger partial charge in [0, 0.05) is 15.6 Å². The molecule has 0 radical (unpaired) electrons. The summed E-state index contributed by atoms with van der Waals surface area (Å²) in [4.78, 5) is 31.4. The largest absolute Gasteiger partial charge is 0.497 e. The van der Waals surface area contributed by atoms with E-state index < -0.39 is 5.97 Å². The Morgan fingerprint density at radius 1 is 1.00 bits per heavy atom. The van der Waals surface area contributed by atoms with Crippen molar-refractivity contribution in [2.75, 3.05) is 13.9 Å². The number of ether oxygens (including phenoxy) is 4. The second-order valence-corrected chi connectivity index (χ2v) is 10.6. The second-order valence-electron chi connectivity index (χ2n) is 8.81. The van der Waals surface area contributed by atoms with E-state index in [1.807, 2.05) is 6.07 Å². The van der Waals surface area contributed by atoms with Crippen LogP contribution in [0.15, 0.2) is 97.7 Å². The van der Waals surface area contributed by atoms with Crippen LogP contribution in [0.25, 0.3) is 22.3 Å². The first kappa shape index (κ1) is 26.7. The minimum atomic E-state index is -0.607. The number of para-hydroxylation sites is 1. The fourth-order valence-corrected chi connectivity index (χ4v) is 5.58. The van der Waals surface area contributed by atoms with Crippen LogP contribution in [0, 0.1) is 0 Å². The Kier molecular flexibility index (Phi) is 7.29. The van der Waals surface area contributed by atoms with Gasteiger partial charge in [-0.05, 0) is 82.7 Å². The lowest BCUT2D eigenvalue weighted by molar-refractivity contribution is 0.0732. The van der Waals surface area contributed by atoms with E-state index in [1.54, 1.807) is 79.9 Å². The van der Waals surface area contributed by atoms with Crippen molar-refractivity contribution in [1.82, 2.24) is 9.66 Å². The molecule has 11 heteroatoms. The highest BCUT2D eigenvalue weighted by Gasteiger charge is 2.20. The monoisotopic (exact) mass is 675 g/mol. The van der Waals surface area contributed by atoms with Gasteiger partial charge in [0.05, 0.1) is 34.3 Å². The number of esters is 1. The molecule has 0 aliphatic carbocycles. The van der Waals surface area contributed by atoms with Gasteiger partial charge in [-0.25, -0.2) is 9.78 Å². The SMILES string of the molecule is COc1ccc(-c2nc3ccccc3c(=O)n2N=Cc2cc(Br)cc(Br)c2OC(=O)c2ccc3c(c2)OCO3)cc1. The van der Waals surface area contributed by atoms with Crippen LogP contribution in [0.4, 0.5) is 0 Å². The predicted octanol–water partition coefficient (Wildman–Crippen LogP) is 6.43. The van der Waals surface area contributed by atoms with Crippen molar-refractivity contribution < 1.29 is 23.7 Å². The van der Waals surface area contributed by atoms with Crippen LogP contribution in [-0.2, 0) is 0 Å². The standard InChI is InChI=1S/C30H19Br2N3O6/c1-38-21-9-6-17(7-10-21)28-34-24-5-3-2-4-22(24)29(36)35(28)33-15-19-12-20(31)14-23(32)27(19)41-30(37)18-8-11-25-26(13-18)40-16-39-25/h2-15H,16H2,1H3. The normalized spacial score (nSPS) is 12.2. The number of nitrogens with zero attached hydrogens (tertiary/aromatic N) is 3. The molecule has 0 saturated heterocycles. The highest BCUT2D eigenvalue weighted by atomic mass is 79.9. The maximum absolute atomic E-state index is 13.6. The average molecular weight is 677 g/mol. The molecule has 0 fully saturated rings. The fraction of sp³-hybridized carbons (Fsp3) is 0.0667. The Bertz CT molecular complexity index is 1900. The van der Waals surface area contributed by atoms with Gasteiger partial charge in [-0.2, -0.15) is 9.78 Å². The molecule has 1 aliphatic heterocycles. The first-order valence-corrected chi connectivity index (χ1v) is 13.8. The molecule has 5 aromatic rings. The summed E-state index contributed by atoms with van der Waals surface area (Å²) < 4.78 is 24.2. The van der Waals surface area contributed by atoms with Gasteiger partial charge in [-0.1, -0.05) is 28.1 Å². The molecule has 0 N–H and O–H groups in total. The molecule has 6 rings (SSSR count). The summed E-state index contributed by atoms with van der Waals surface area (Å²) in [7, 11) is 1.58. The van der Waals surface area contributed by atoms with Crippen LogP contribution >= 0.6 is 31.9 Å². The summed E-state index contributed by atoms with van der Waals surface area (Å²) in [5.41, 5.74) is 1.56. The summed E-state index contributed by atoms with van der Waals surface area (Å²) in [6.07, 6.45) is 1.45. The summed E-state index contributed by atoms with van der Waals surface area (Å²) in [5.74, 6) is 1.63. The van der Waals surface area contributed by atoms with Crippen molar-refractivity contribution in [1.29, 1.82) is 0 Å². The average Bonchev–Trinajstić information content (AvgIpc) is 3.46. The first-order valence-electron chi connectivity index (χ1n) is 12.2. The van der Waals surface area contributed by atoms with Gasteiger partial charge in [0.2, 0.25) is 6.79 Å². The van der Waals surface area contributed by atoms with E-state index in [9.17, 15) is 9.59 Å². The van der Waals surface area contributed by atoms with Gasteiger partial charge in [0.15, 0.2) is 23.1 Å². The molecule has 204 valence electrons. The van der Waals surface area contributed by atoms with Crippen LogP contribution in [0.3, 0.4) is 0 Å². The van der Waals surface area contributed by atoms with Crippen molar-refractivity contribution in [3.63, 3.8) is 0 Å². The summed E-state index contributed by atoms with van der Waals surface area (Å²) >= 11 is 6.96. The van der Waals surface area contributed by atoms with Crippen LogP contribution in [0.5, 0.6) is 23.0 Å². The van der Waals surface area contributed by atoms with E-state index in [0.29, 0.717) is 54.0 Å². The summed E-state index contributed by atoms with van der Waals surface area (Å²) in [6.45, 7) is 0.0915. The maximum atomic E-state index is 13.6. The van der Waals surface area contributed by atoms with Gasteiger partial charge >= 0.3 is 5.97 Å². The minimum Gasteiger partial charge on any atom is -0.497 e. The smallest absolute Gasteiger partial charge is 0.343 e. The Morgan fingerprint density at radius 2 is 1.78 bits per heavy atom. The number of hydrogen-bond donors (Lipinski definition) is 0. The van der Waals surface area contributed by atoms with E-state index in [2.05, 4.69) is 37.0 Å². The quantitative estimate of drug-likeness (QED) is 0.116. The molecule has 0 bridgehead atoms. The Balaban J connectivity index is 1.42. The van der Waals surface area contributed by atoms with Crippen molar-refractivity contribution in [2.24, 2.45) is 5.10 Å². The van der Waals surface area contributed by atoms with Crippen LogP contribution in [0.2, 0.25) is 0 Å². The first-order chi connectivity index (χ1) is 19.9. The molecule has 2 heterocycles. The molecule has 0 saturated carbocycles. The lowest BCUT2D eigenvalue weighted by Gasteiger charge is -2.12. The number of hydrogen-bond acceptors (Lipinski definition) is 8. The van der Waals surface area contributed by atoms with Gasteiger partial charge in [-0.3, -0.25) is 4.79 Å². The number of benzene rings is 4. The highest BCUT2D eigenvalue weighted by Crippen LogP contribution is 2.35. The van der Waals surface area contributed by atoms with Crippen molar-refractivity contribution in [3.8, 4) is 34.4 Å². The van der Waals surface area contributed by atoms with E-state index in [0.717, 1.165) is 0 Å². The lowest BCUT2D eigenvalue weighted by atomic mass is 10.2. The maximum Gasteiger partial charge on any atom is 0.343 e. The zero-order chi connectivity index (χ0) is 28.5. The van der Waals surface area contributed by atoms with Crippen molar-refractivity contribution in [3.05, 3.63) is 109 Å². The number of carbonyl (C=O) groups excluding carboxylic acids is 1. The van der Waals surface area contributed by atoms with Gasteiger partial charge in [-0.15, -0.1) is 0 Å². The van der Waals surface area contributed by atoms with Gasteiger partial charge < -0.3 is 18.9 Å². The predicted molar refractivity (Wildman–Crippen MR) is 160 cm³/mol. The summed E-state index contributed by atoms with van der Waals surface area (Å²) in [6, 6.07) is 22.5. The third-order valence-electron chi connectivity index (χ3n) is 6.25. The number of rotatable bonds is 6. The van der Waals surface area contributed by atoms with Crippen LogP contribution in [-0.4, -0.2) is 35.7 Å². The lowest BCUT2D eigenvalue weighted by Crippen LogP contribution is -2.20. The topological polar surface area (TPSA) is 101 Å². The number of carbonyl (C=O) groups is 1. The summed E-state index contributed by atoms with van der Waals surface area (Å²) in [5, 5.41) is 4.94. The Hall–Kier alpha value is -4.48. The molecular formula is C30H19Br2N3O6. The van der Waals surface area contributed by atoms with E-state index in [1.165, 1.54) is 10.9 Å². The van der Waals surface area contributed by atoms with E-state index in [4.69, 9.17) is 23.9 Å². The van der Waals surface area contributed by atoms with Gasteiger partial charge in [0.25, 0.3) is 5.56 Å². The van der Waals surface area contributed by atoms with E-state index >= 15 is 0 Å². The van der Waals surface area contributed by atoms with Crippen LogP contribution in [0.1, 0.15) is 15.9 Å². The number of methoxy groups -OCH3 is 1. The molecule has 1 aliphatic rings. The zero-order valence-corrected chi connectivity index (χ0v) is 24.5. The minimum absolute atomic E-state index is 0.0915.